The zero-order valence-electron chi connectivity index (χ0n) is 12.9. The highest BCUT2D eigenvalue weighted by Crippen LogP contribution is 2.30. The number of aryl methyl sites for hydroxylation is 2. The third kappa shape index (κ3) is 3.52. The zero-order valence-corrected chi connectivity index (χ0v) is 12.9. The molecule has 0 unspecified atom stereocenters. The summed E-state index contributed by atoms with van der Waals surface area (Å²) in [5.74, 6) is -0.742. The van der Waals surface area contributed by atoms with Crippen LogP contribution in [0.4, 0.5) is 0 Å². The van der Waals surface area contributed by atoms with Crippen molar-refractivity contribution < 1.29 is 9.90 Å². The third-order valence-corrected chi connectivity index (χ3v) is 4.20. The molecule has 0 aromatic heterocycles. The molecular formula is C19H22O2. The normalized spacial score (nSPS) is 11.4. The second-order valence-electron chi connectivity index (χ2n) is 6.07. The first-order chi connectivity index (χ1) is 9.92. The Hall–Kier alpha value is -2.09. The van der Waals surface area contributed by atoms with E-state index in [9.17, 15) is 9.90 Å². The highest BCUT2D eigenvalue weighted by Gasteiger charge is 2.34. The monoisotopic (exact) mass is 282 g/mol. The van der Waals surface area contributed by atoms with Crippen molar-refractivity contribution in [2.24, 2.45) is 5.41 Å². The molecule has 0 heterocycles. The molecule has 2 aromatic rings. The average Bonchev–Trinajstić information content (AvgIpc) is 2.44. The molecule has 2 rings (SSSR count). The Kier molecular flexibility index (Phi) is 4.46. The van der Waals surface area contributed by atoms with Gasteiger partial charge < -0.3 is 5.11 Å². The van der Waals surface area contributed by atoms with Crippen molar-refractivity contribution in [1.29, 1.82) is 0 Å². The molecule has 0 fully saturated rings. The van der Waals surface area contributed by atoms with E-state index in [1.807, 2.05) is 69.3 Å². The summed E-state index contributed by atoms with van der Waals surface area (Å²) in [7, 11) is 0. The minimum Gasteiger partial charge on any atom is -0.481 e. The van der Waals surface area contributed by atoms with Crippen LogP contribution >= 0.6 is 0 Å². The molecule has 1 N–H and O–H groups in total. The lowest BCUT2D eigenvalue weighted by molar-refractivity contribution is -0.147. The van der Waals surface area contributed by atoms with Crippen molar-refractivity contribution in [3.05, 3.63) is 70.8 Å². The van der Waals surface area contributed by atoms with Gasteiger partial charge >= 0.3 is 5.97 Å². The lowest BCUT2D eigenvalue weighted by Crippen LogP contribution is -2.33. The van der Waals surface area contributed by atoms with E-state index in [4.69, 9.17) is 0 Å². The number of rotatable bonds is 5. The molecule has 0 aliphatic rings. The van der Waals surface area contributed by atoms with Gasteiger partial charge in [-0.05, 0) is 55.9 Å². The standard InChI is InChI=1S/C19H22O2/c1-14-8-4-6-10-16(14)12-19(3,18(20)21)13-17-11-7-5-9-15(17)2/h4-11H,12-13H2,1-3H3,(H,20,21). The molecule has 2 heteroatoms. The smallest absolute Gasteiger partial charge is 0.310 e. The Labute approximate surface area is 126 Å². The fraction of sp³-hybridized carbons (Fsp3) is 0.316. The van der Waals surface area contributed by atoms with Gasteiger partial charge in [-0.3, -0.25) is 4.79 Å². The predicted molar refractivity (Wildman–Crippen MR) is 85.5 cm³/mol. The zero-order chi connectivity index (χ0) is 15.5. The van der Waals surface area contributed by atoms with Crippen LogP contribution in [0.15, 0.2) is 48.5 Å². The first kappa shape index (κ1) is 15.3. The molecule has 0 saturated carbocycles. The maximum absolute atomic E-state index is 11.9. The summed E-state index contributed by atoms with van der Waals surface area (Å²) in [5.41, 5.74) is 3.72. The van der Waals surface area contributed by atoms with Crippen molar-refractivity contribution in [2.75, 3.05) is 0 Å². The fourth-order valence-electron chi connectivity index (χ4n) is 2.67. The van der Waals surface area contributed by atoms with Crippen molar-refractivity contribution in [3.63, 3.8) is 0 Å². The molecule has 0 radical (unpaired) electrons. The Bertz CT molecular complexity index is 596. The SMILES string of the molecule is Cc1ccccc1CC(C)(Cc1ccccc1C)C(=O)O. The Balaban J connectivity index is 2.31. The molecule has 0 bridgehead atoms. The molecule has 0 atom stereocenters. The largest absolute Gasteiger partial charge is 0.481 e. The minimum atomic E-state index is -0.793. The number of hydrogen-bond acceptors (Lipinski definition) is 1. The summed E-state index contributed by atoms with van der Waals surface area (Å²) in [6, 6.07) is 16.0. The van der Waals surface area contributed by atoms with Gasteiger partial charge in [0.2, 0.25) is 0 Å². The molecule has 2 nitrogen and oxygen atoms in total. The van der Waals surface area contributed by atoms with Crippen LogP contribution in [-0.4, -0.2) is 11.1 Å². The first-order valence-corrected chi connectivity index (χ1v) is 7.25. The number of carboxylic acids is 1. The quantitative estimate of drug-likeness (QED) is 0.893. The number of aliphatic carboxylic acids is 1. The van der Waals surface area contributed by atoms with E-state index < -0.39 is 11.4 Å². The van der Waals surface area contributed by atoms with Crippen LogP contribution in [0.25, 0.3) is 0 Å². The summed E-state index contributed by atoms with van der Waals surface area (Å²) < 4.78 is 0. The van der Waals surface area contributed by atoms with Crippen LogP contribution in [0.3, 0.4) is 0 Å². The van der Waals surface area contributed by atoms with E-state index in [1.54, 1.807) is 0 Å². The molecule has 110 valence electrons. The van der Waals surface area contributed by atoms with E-state index in [1.165, 1.54) is 0 Å². The van der Waals surface area contributed by atoms with E-state index in [-0.39, 0.29) is 0 Å². The molecule has 21 heavy (non-hydrogen) atoms. The average molecular weight is 282 g/mol. The van der Waals surface area contributed by atoms with E-state index in [0.717, 1.165) is 22.3 Å². The lowest BCUT2D eigenvalue weighted by Gasteiger charge is -2.26. The van der Waals surface area contributed by atoms with Gasteiger partial charge in [0.25, 0.3) is 0 Å². The van der Waals surface area contributed by atoms with Crippen LogP contribution in [0.1, 0.15) is 29.2 Å². The molecule has 0 amide bonds. The van der Waals surface area contributed by atoms with Crippen molar-refractivity contribution in [1.82, 2.24) is 0 Å². The Morgan fingerprint density at radius 1 is 0.905 bits per heavy atom. The maximum Gasteiger partial charge on any atom is 0.310 e. The molecule has 0 saturated heterocycles. The van der Waals surface area contributed by atoms with Crippen LogP contribution < -0.4 is 0 Å². The number of benzene rings is 2. The van der Waals surface area contributed by atoms with Gasteiger partial charge in [0.15, 0.2) is 0 Å². The molecule has 2 aromatic carbocycles. The van der Waals surface area contributed by atoms with Crippen LogP contribution in [0.2, 0.25) is 0 Å². The van der Waals surface area contributed by atoms with Crippen LogP contribution in [-0.2, 0) is 17.6 Å². The van der Waals surface area contributed by atoms with Crippen LogP contribution in [0.5, 0.6) is 0 Å². The maximum atomic E-state index is 11.9. The minimum absolute atomic E-state index is 0.545. The van der Waals surface area contributed by atoms with Crippen molar-refractivity contribution in [3.8, 4) is 0 Å². The lowest BCUT2D eigenvalue weighted by atomic mass is 9.77. The fourth-order valence-corrected chi connectivity index (χ4v) is 2.67. The van der Waals surface area contributed by atoms with E-state index >= 15 is 0 Å². The topological polar surface area (TPSA) is 37.3 Å². The molecular weight excluding hydrogens is 260 g/mol. The summed E-state index contributed by atoms with van der Waals surface area (Å²) in [5, 5.41) is 9.74. The Morgan fingerprint density at radius 3 is 1.62 bits per heavy atom. The summed E-state index contributed by atoms with van der Waals surface area (Å²) in [4.78, 5) is 11.9. The number of carboxylic acid groups (broad SMARTS) is 1. The van der Waals surface area contributed by atoms with Gasteiger partial charge in [-0.25, -0.2) is 0 Å². The van der Waals surface area contributed by atoms with Crippen molar-refractivity contribution >= 4 is 5.97 Å². The van der Waals surface area contributed by atoms with Gasteiger partial charge in [0, 0.05) is 0 Å². The molecule has 0 aliphatic carbocycles. The van der Waals surface area contributed by atoms with Crippen molar-refractivity contribution in [2.45, 2.75) is 33.6 Å². The Morgan fingerprint density at radius 2 is 1.29 bits per heavy atom. The number of hydrogen-bond donors (Lipinski definition) is 1. The highest BCUT2D eigenvalue weighted by atomic mass is 16.4. The van der Waals surface area contributed by atoms with Gasteiger partial charge in [0.05, 0.1) is 5.41 Å². The van der Waals surface area contributed by atoms with E-state index in [2.05, 4.69) is 0 Å². The predicted octanol–water partition coefficient (Wildman–Crippen LogP) is 4.18. The van der Waals surface area contributed by atoms with Gasteiger partial charge in [-0.1, -0.05) is 48.5 Å². The van der Waals surface area contributed by atoms with Gasteiger partial charge in [0.1, 0.15) is 0 Å². The third-order valence-electron chi connectivity index (χ3n) is 4.20. The number of carbonyl (C=O) groups is 1. The summed E-state index contributed by atoms with van der Waals surface area (Å²) in [6.07, 6.45) is 1.09. The van der Waals surface area contributed by atoms with Crippen LogP contribution in [0, 0.1) is 19.3 Å². The molecule has 0 aliphatic heterocycles. The second kappa shape index (κ2) is 6.13. The molecule has 0 spiro atoms. The summed E-state index contributed by atoms with van der Waals surface area (Å²) in [6.45, 7) is 5.91. The van der Waals surface area contributed by atoms with Gasteiger partial charge in [-0.15, -0.1) is 0 Å². The second-order valence-corrected chi connectivity index (χ2v) is 6.07. The summed E-state index contributed by atoms with van der Waals surface area (Å²) >= 11 is 0. The highest BCUT2D eigenvalue weighted by molar-refractivity contribution is 5.75. The first-order valence-electron chi connectivity index (χ1n) is 7.25. The van der Waals surface area contributed by atoms with Gasteiger partial charge in [-0.2, -0.15) is 0 Å². The van der Waals surface area contributed by atoms with E-state index in [0.29, 0.717) is 12.8 Å².